The molecule has 7 nitrogen and oxygen atoms in total. The molecule has 1 saturated carbocycles. The van der Waals surface area contributed by atoms with Gasteiger partial charge in [-0.1, -0.05) is 42.5 Å². The van der Waals surface area contributed by atoms with E-state index in [1.54, 1.807) is 6.20 Å². The van der Waals surface area contributed by atoms with Crippen molar-refractivity contribution < 1.29 is 9.47 Å². The van der Waals surface area contributed by atoms with E-state index in [1.807, 2.05) is 69.7 Å². The molecule has 3 N–H and O–H groups in total. The van der Waals surface area contributed by atoms with Gasteiger partial charge in [-0.3, -0.25) is 4.40 Å². The summed E-state index contributed by atoms with van der Waals surface area (Å²) in [5.74, 6) is 2.65. The average molecular weight is 460 g/mol. The number of ether oxygens (including phenoxy) is 2. The van der Waals surface area contributed by atoms with Gasteiger partial charge in [0, 0.05) is 30.5 Å². The second-order valence-electron chi connectivity index (χ2n) is 8.40. The summed E-state index contributed by atoms with van der Waals surface area (Å²) >= 11 is 0. The molecule has 0 atom stereocenters. The summed E-state index contributed by atoms with van der Waals surface area (Å²) in [6.07, 6.45) is 5.96. The number of hydrogen-bond donors (Lipinski definition) is 2. The summed E-state index contributed by atoms with van der Waals surface area (Å²) in [6.45, 7) is 3.30. The number of nitrogens with zero attached hydrogens (tertiary/aromatic N) is 3. The highest BCUT2D eigenvalue weighted by Gasteiger charge is 2.34. The first-order valence-electron chi connectivity index (χ1n) is 11.7. The molecule has 0 saturated heterocycles. The third kappa shape index (κ3) is 5.21. The highest BCUT2D eigenvalue weighted by atomic mass is 16.5. The number of benzene rings is 2. The summed E-state index contributed by atoms with van der Waals surface area (Å²) < 4.78 is 13.9. The number of hydrogen-bond acceptors (Lipinski definition) is 6. The molecule has 1 fully saturated rings. The maximum atomic E-state index is 6.29. The molecule has 0 unspecified atom stereocenters. The van der Waals surface area contributed by atoms with Gasteiger partial charge in [-0.15, -0.1) is 0 Å². The highest BCUT2D eigenvalue weighted by molar-refractivity contribution is 5.85. The van der Waals surface area contributed by atoms with Crippen molar-refractivity contribution in [3.8, 4) is 17.0 Å². The van der Waals surface area contributed by atoms with Gasteiger partial charge < -0.3 is 20.5 Å². The van der Waals surface area contributed by atoms with E-state index < -0.39 is 0 Å². The number of nitrogen functional groups attached to an aromatic ring is 1. The molecule has 178 valence electrons. The Bertz CT molecular complexity index is 1200. The summed E-state index contributed by atoms with van der Waals surface area (Å²) in [5, 5.41) is 2.75. The van der Waals surface area contributed by atoms with Gasteiger partial charge in [0.1, 0.15) is 35.2 Å². The fourth-order valence-corrected chi connectivity index (χ4v) is 4.20. The lowest BCUT2D eigenvalue weighted by molar-refractivity contribution is -0.00502. The number of fused-ring (bicyclic) bond motifs is 1. The van der Waals surface area contributed by atoms with Crippen LogP contribution in [0.4, 0.5) is 5.82 Å². The van der Waals surface area contributed by atoms with Crippen LogP contribution in [0.2, 0.25) is 0 Å². The van der Waals surface area contributed by atoms with Crippen LogP contribution in [0.15, 0.2) is 67.0 Å². The lowest BCUT2D eigenvalue weighted by atomic mass is 9.81. The van der Waals surface area contributed by atoms with E-state index in [0.29, 0.717) is 24.4 Å². The molecule has 2 aromatic carbocycles. The van der Waals surface area contributed by atoms with E-state index in [2.05, 4.69) is 26.8 Å². The number of nitrogens with two attached hydrogens (primary N) is 1. The van der Waals surface area contributed by atoms with E-state index in [9.17, 15) is 0 Å². The lowest BCUT2D eigenvalue weighted by Gasteiger charge is -2.33. The quantitative estimate of drug-likeness (QED) is 0.417. The molecular formula is C27H33N5O2. The SMILES string of the molecule is CCOC1CC(c2nc(-c3cccc(OCc4ccccc4)c3)c3c(N)nccn23)C1.CNC. The van der Waals surface area contributed by atoms with E-state index in [1.165, 1.54) is 0 Å². The third-order valence-electron chi connectivity index (χ3n) is 5.83. The first-order valence-corrected chi connectivity index (χ1v) is 11.7. The van der Waals surface area contributed by atoms with Gasteiger partial charge in [0.2, 0.25) is 0 Å². The fraction of sp³-hybridized carbons (Fsp3) is 0.333. The zero-order chi connectivity index (χ0) is 23.9. The van der Waals surface area contributed by atoms with Crippen molar-refractivity contribution in [2.45, 2.75) is 38.4 Å². The largest absolute Gasteiger partial charge is 0.489 e. The summed E-state index contributed by atoms with van der Waals surface area (Å²) in [5.41, 5.74) is 10.1. The minimum absolute atomic E-state index is 0.319. The predicted molar refractivity (Wildman–Crippen MR) is 136 cm³/mol. The number of aromatic nitrogens is 3. The van der Waals surface area contributed by atoms with Crippen molar-refractivity contribution in [2.75, 3.05) is 26.4 Å². The number of imidazole rings is 1. The van der Waals surface area contributed by atoms with Gasteiger partial charge in [-0.2, -0.15) is 0 Å². The summed E-state index contributed by atoms with van der Waals surface area (Å²) in [4.78, 5) is 9.34. The number of anilines is 1. The molecule has 0 spiro atoms. The van der Waals surface area contributed by atoms with Crippen LogP contribution in [0.1, 0.15) is 37.1 Å². The maximum Gasteiger partial charge on any atom is 0.150 e. The molecule has 34 heavy (non-hydrogen) atoms. The Morgan fingerprint density at radius 1 is 1.09 bits per heavy atom. The monoisotopic (exact) mass is 459 g/mol. The Labute approximate surface area is 201 Å². The molecule has 0 bridgehead atoms. The highest BCUT2D eigenvalue weighted by Crippen LogP contribution is 2.41. The van der Waals surface area contributed by atoms with Gasteiger partial charge in [-0.25, -0.2) is 9.97 Å². The maximum absolute atomic E-state index is 6.29. The first kappa shape index (κ1) is 23.7. The zero-order valence-corrected chi connectivity index (χ0v) is 20.1. The fourth-order valence-electron chi connectivity index (χ4n) is 4.20. The van der Waals surface area contributed by atoms with Crippen molar-refractivity contribution in [1.29, 1.82) is 0 Å². The van der Waals surface area contributed by atoms with Gasteiger partial charge in [0.25, 0.3) is 0 Å². The lowest BCUT2D eigenvalue weighted by Crippen LogP contribution is -2.30. The average Bonchev–Trinajstić information content (AvgIpc) is 3.22. The van der Waals surface area contributed by atoms with Crippen LogP contribution < -0.4 is 15.8 Å². The minimum atomic E-state index is 0.319. The minimum Gasteiger partial charge on any atom is -0.489 e. The molecule has 5 rings (SSSR count). The van der Waals surface area contributed by atoms with Gasteiger partial charge >= 0.3 is 0 Å². The number of rotatable bonds is 7. The van der Waals surface area contributed by atoms with Crippen molar-refractivity contribution in [3.63, 3.8) is 0 Å². The second kappa shape index (κ2) is 11.1. The topological polar surface area (TPSA) is 86.7 Å². The van der Waals surface area contributed by atoms with E-state index in [0.717, 1.165) is 53.4 Å². The molecule has 0 amide bonds. The molecule has 4 aromatic rings. The van der Waals surface area contributed by atoms with Gasteiger partial charge in [0.05, 0.1) is 6.10 Å². The Kier molecular flexibility index (Phi) is 7.77. The second-order valence-corrected chi connectivity index (χ2v) is 8.40. The van der Waals surface area contributed by atoms with Crippen LogP contribution in [-0.2, 0) is 11.3 Å². The molecule has 2 heterocycles. The Morgan fingerprint density at radius 3 is 2.59 bits per heavy atom. The molecule has 1 aliphatic rings. The van der Waals surface area contributed by atoms with E-state index >= 15 is 0 Å². The number of nitrogens with one attached hydrogen (secondary N) is 1. The van der Waals surface area contributed by atoms with Crippen LogP contribution in [-0.4, -0.2) is 41.2 Å². The molecular weight excluding hydrogens is 426 g/mol. The van der Waals surface area contributed by atoms with Crippen molar-refractivity contribution in [3.05, 3.63) is 78.4 Å². The summed E-state index contributed by atoms with van der Waals surface area (Å²) in [6, 6.07) is 18.2. The van der Waals surface area contributed by atoms with Gasteiger partial charge in [-0.05, 0) is 51.6 Å². The van der Waals surface area contributed by atoms with Crippen molar-refractivity contribution in [2.24, 2.45) is 0 Å². The van der Waals surface area contributed by atoms with E-state index in [4.69, 9.17) is 20.2 Å². The first-order chi connectivity index (χ1) is 16.6. The van der Waals surface area contributed by atoms with Crippen LogP contribution in [0.5, 0.6) is 5.75 Å². The van der Waals surface area contributed by atoms with Crippen LogP contribution in [0.3, 0.4) is 0 Å². The normalized spacial score (nSPS) is 17.0. The molecule has 2 aromatic heterocycles. The van der Waals surface area contributed by atoms with Crippen molar-refractivity contribution in [1.82, 2.24) is 19.7 Å². The Morgan fingerprint density at radius 2 is 1.85 bits per heavy atom. The van der Waals surface area contributed by atoms with Crippen molar-refractivity contribution >= 4 is 11.3 Å². The van der Waals surface area contributed by atoms with E-state index in [-0.39, 0.29) is 0 Å². The molecule has 0 radical (unpaired) electrons. The van der Waals surface area contributed by atoms with Crippen LogP contribution in [0.25, 0.3) is 16.8 Å². The predicted octanol–water partition coefficient (Wildman–Crippen LogP) is 4.68. The molecule has 1 aliphatic carbocycles. The third-order valence-corrected chi connectivity index (χ3v) is 5.83. The Balaban J connectivity index is 0.000000868. The summed E-state index contributed by atoms with van der Waals surface area (Å²) in [7, 11) is 3.75. The molecule has 7 heteroatoms. The molecule has 0 aliphatic heterocycles. The van der Waals surface area contributed by atoms with Gasteiger partial charge in [0.15, 0.2) is 0 Å². The standard InChI is InChI=1S/C25H26N4O2.C2H7N/c1-2-30-21-14-19(15-21)25-28-22(23-24(26)27-11-12-29(23)25)18-9-6-10-20(13-18)31-16-17-7-4-3-5-8-17;1-3-2/h3-13,19,21H,2,14-16H2,1H3,(H2,26,27);3H,1-2H3. The smallest absolute Gasteiger partial charge is 0.150 e. The Hall–Kier alpha value is -3.42. The van der Waals surface area contributed by atoms with Crippen LogP contribution in [0, 0.1) is 0 Å². The van der Waals surface area contributed by atoms with Crippen LogP contribution >= 0.6 is 0 Å². The zero-order valence-electron chi connectivity index (χ0n) is 20.1.